The highest BCUT2D eigenvalue weighted by molar-refractivity contribution is 7.21. The van der Waals surface area contributed by atoms with Crippen LogP contribution >= 0.6 is 11.3 Å². The summed E-state index contributed by atoms with van der Waals surface area (Å²) in [5.74, 6) is 0.302. The van der Waals surface area contributed by atoms with Crippen LogP contribution in [0.3, 0.4) is 0 Å². The second-order valence-electron chi connectivity index (χ2n) is 9.05. The lowest BCUT2D eigenvalue weighted by atomic mass is 10.2. The number of aryl methyl sites for hydroxylation is 1. The molecule has 0 aliphatic carbocycles. The average Bonchev–Trinajstić information content (AvgIpc) is 3.53. The van der Waals surface area contributed by atoms with Crippen molar-refractivity contribution in [3.8, 4) is 10.4 Å². The molecule has 0 saturated heterocycles. The van der Waals surface area contributed by atoms with Gasteiger partial charge in [-0.05, 0) is 31.4 Å². The largest absolute Gasteiger partial charge is 0.324 e. The van der Waals surface area contributed by atoms with Gasteiger partial charge in [-0.25, -0.2) is 4.52 Å². The van der Waals surface area contributed by atoms with Crippen LogP contribution in [0.1, 0.15) is 26.0 Å². The second-order valence-corrected chi connectivity index (χ2v) is 10.1. The maximum atomic E-state index is 13.0. The monoisotopic (exact) mass is 476 g/mol. The Morgan fingerprint density at radius 3 is 3.03 bits per heavy atom. The molecule has 0 aromatic carbocycles. The van der Waals surface area contributed by atoms with Gasteiger partial charge in [-0.3, -0.25) is 19.3 Å². The molecule has 0 fully saturated rings. The Balaban J connectivity index is 1.35. The molecule has 0 atom stereocenters. The van der Waals surface area contributed by atoms with Gasteiger partial charge in [-0.15, -0.1) is 11.3 Å². The summed E-state index contributed by atoms with van der Waals surface area (Å²) < 4.78 is 3.81. The van der Waals surface area contributed by atoms with Crippen molar-refractivity contribution in [2.45, 2.75) is 33.2 Å². The molecular weight excluding hydrogens is 452 g/mol. The number of rotatable bonds is 6. The van der Waals surface area contributed by atoms with Crippen LogP contribution in [0.15, 0.2) is 29.5 Å². The Hall–Kier alpha value is -3.57. The standard InChI is InChI=1S/C23H24N8O2S/c1-12(2)7-24-10-18(32)27-13-6-15-20(25-8-13)21-19(22(33)28-15)23-31(29-21)11-17(34-23)14-9-26-30-5-3-4-16(14)30/h6,8-9,11-12,24H,3-5,7,10H2,1-2H3,(H,27,32)(H,28,33). The number of H-pyrrole nitrogens is 1. The lowest BCUT2D eigenvalue weighted by Crippen LogP contribution is -2.30. The van der Waals surface area contributed by atoms with E-state index < -0.39 is 0 Å². The molecule has 0 spiro atoms. The van der Waals surface area contributed by atoms with E-state index in [9.17, 15) is 9.59 Å². The van der Waals surface area contributed by atoms with Crippen molar-refractivity contribution in [1.29, 1.82) is 0 Å². The molecule has 5 aromatic heterocycles. The van der Waals surface area contributed by atoms with Gasteiger partial charge in [-0.2, -0.15) is 10.2 Å². The first-order valence-electron chi connectivity index (χ1n) is 11.4. The fraction of sp³-hybridized carbons (Fsp3) is 0.348. The van der Waals surface area contributed by atoms with E-state index in [1.807, 2.05) is 12.4 Å². The highest BCUT2D eigenvalue weighted by Crippen LogP contribution is 2.36. The maximum absolute atomic E-state index is 13.0. The lowest BCUT2D eigenvalue weighted by Gasteiger charge is -2.08. The summed E-state index contributed by atoms with van der Waals surface area (Å²) in [4.78, 5) is 34.5. The summed E-state index contributed by atoms with van der Waals surface area (Å²) in [6.07, 6.45) is 7.57. The molecule has 11 heteroatoms. The second kappa shape index (κ2) is 8.03. The van der Waals surface area contributed by atoms with E-state index in [1.165, 1.54) is 17.0 Å². The van der Waals surface area contributed by atoms with Gasteiger partial charge in [0, 0.05) is 24.0 Å². The van der Waals surface area contributed by atoms with Gasteiger partial charge in [0.05, 0.1) is 35.0 Å². The number of amides is 1. The van der Waals surface area contributed by atoms with Crippen molar-refractivity contribution in [3.63, 3.8) is 0 Å². The number of thiazole rings is 1. The summed E-state index contributed by atoms with van der Waals surface area (Å²) in [5.41, 5.74) is 4.32. The van der Waals surface area contributed by atoms with Crippen molar-refractivity contribution in [3.05, 3.63) is 40.7 Å². The summed E-state index contributed by atoms with van der Waals surface area (Å²) in [6, 6.07) is 1.72. The van der Waals surface area contributed by atoms with Gasteiger partial charge in [-0.1, -0.05) is 13.8 Å². The topological polar surface area (TPSA) is 122 Å². The predicted molar refractivity (Wildman–Crippen MR) is 132 cm³/mol. The Bertz CT molecular complexity index is 1620. The van der Waals surface area contributed by atoms with E-state index in [-0.39, 0.29) is 18.0 Å². The van der Waals surface area contributed by atoms with Crippen molar-refractivity contribution in [2.24, 2.45) is 5.92 Å². The van der Waals surface area contributed by atoms with Crippen LogP contribution in [0.2, 0.25) is 0 Å². The summed E-state index contributed by atoms with van der Waals surface area (Å²) in [5, 5.41) is 15.6. The van der Waals surface area contributed by atoms with Gasteiger partial charge in [0.2, 0.25) is 5.91 Å². The molecule has 3 N–H and O–H groups in total. The highest BCUT2D eigenvalue weighted by atomic mass is 32.1. The van der Waals surface area contributed by atoms with Crippen LogP contribution in [0, 0.1) is 5.92 Å². The molecule has 1 aliphatic rings. The Morgan fingerprint density at radius 2 is 2.18 bits per heavy atom. The van der Waals surface area contributed by atoms with E-state index in [2.05, 4.69) is 44.2 Å². The summed E-state index contributed by atoms with van der Waals surface area (Å²) in [7, 11) is 0. The molecule has 6 heterocycles. The molecular formula is C23H24N8O2S. The fourth-order valence-corrected chi connectivity index (χ4v) is 5.61. The number of pyridine rings is 2. The van der Waals surface area contributed by atoms with Gasteiger partial charge in [0.15, 0.2) is 0 Å². The number of aromatic amines is 1. The number of carbonyl (C=O) groups excluding carboxylic acids is 1. The van der Waals surface area contributed by atoms with E-state index in [0.717, 1.165) is 41.2 Å². The van der Waals surface area contributed by atoms with E-state index in [4.69, 9.17) is 5.10 Å². The average molecular weight is 477 g/mol. The molecule has 0 unspecified atom stereocenters. The number of aromatic nitrogens is 6. The molecule has 10 nitrogen and oxygen atoms in total. The fourth-order valence-electron chi connectivity index (χ4n) is 4.49. The SMILES string of the molecule is CC(C)CNCC(=O)Nc1cnc2c(c1)[nH]c(=O)c1c2nn2cc(-c3cnn4c3CCC4)sc12. The maximum Gasteiger partial charge on any atom is 0.261 e. The van der Waals surface area contributed by atoms with Crippen LogP contribution in [0.25, 0.3) is 37.2 Å². The van der Waals surface area contributed by atoms with Crippen LogP contribution in [0.5, 0.6) is 0 Å². The van der Waals surface area contributed by atoms with Gasteiger partial charge in [0.1, 0.15) is 21.3 Å². The van der Waals surface area contributed by atoms with Gasteiger partial charge < -0.3 is 15.6 Å². The molecule has 0 radical (unpaired) electrons. The summed E-state index contributed by atoms with van der Waals surface area (Å²) in [6.45, 7) is 6.10. The van der Waals surface area contributed by atoms with Crippen LogP contribution in [-0.2, 0) is 17.8 Å². The first kappa shape index (κ1) is 21.0. The lowest BCUT2D eigenvalue weighted by molar-refractivity contribution is -0.115. The van der Waals surface area contributed by atoms with Crippen LogP contribution < -0.4 is 16.2 Å². The third kappa shape index (κ3) is 3.48. The van der Waals surface area contributed by atoms with Crippen LogP contribution in [0.4, 0.5) is 5.69 Å². The van der Waals surface area contributed by atoms with Gasteiger partial charge in [0.25, 0.3) is 5.56 Å². The zero-order valence-corrected chi connectivity index (χ0v) is 19.7. The number of anilines is 1. The number of fused-ring (bicyclic) bond motifs is 6. The number of nitrogens with zero attached hydrogens (tertiary/aromatic N) is 5. The zero-order valence-electron chi connectivity index (χ0n) is 18.9. The number of carbonyl (C=O) groups is 1. The van der Waals surface area contributed by atoms with Gasteiger partial charge >= 0.3 is 0 Å². The van der Waals surface area contributed by atoms with Crippen molar-refractivity contribution in [2.75, 3.05) is 18.4 Å². The normalized spacial score (nSPS) is 13.5. The molecule has 5 aromatic rings. The molecule has 0 saturated carbocycles. The Morgan fingerprint density at radius 1 is 1.29 bits per heavy atom. The minimum atomic E-state index is -0.227. The Kier molecular flexibility index (Phi) is 4.96. The first-order valence-corrected chi connectivity index (χ1v) is 12.2. The molecule has 174 valence electrons. The van der Waals surface area contributed by atoms with Crippen LogP contribution in [-0.4, -0.2) is 48.4 Å². The number of hydrogen-bond acceptors (Lipinski definition) is 7. The Labute approximate surface area is 198 Å². The highest BCUT2D eigenvalue weighted by Gasteiger charge is 2.22. The third-order valence-electron chi connectivity index (χ3n) is 6.02. The van der Waals surface area contributed by atoms with Crippen molar-refractivity contribution < 1.29 is 4.79 Å². The first-order chi connectivity index (χ1) is 16.5. The number of nitrogens with one attached hydrogen (secondary N) is 3. The predicted octanol–water partition coefficient (Wildman–Crippen LogP) is 2.78. The van der Waals surface area contributed by atoms with E-state index >= 15 is 0 Å². The van der Waals surface area contributed by atoms with E-state index in [1.54, 1.807) is 16.8 Å². The minimum absolute atomic E-state index is 0.160. The molecule has 1 amide bonds. The summed E-state index contributed by atoms with van der Waals surface area (Å²) >= 11 is 1.54. The zero-order chi connectivity index (χ0) is 23.4. The smallest absolute Gasteiger partial charge is 0.261 e. The molecule has 34 heavy (non-hydrogen) atoms. The molecule has 6 rings (SSSR count). The third-order valence-corrected chi connectivity index (χ3v) is 7.15. The number of hydrogen-bond donors (Lipinski definition) is 3. The minimum Gasteiger partial charge on any atom is -0.324 e. The van der Waals surface area contributed by atoms with E-state index in [0.29, 0.717) is 33.5 Å². The van der Waals surface area contributed by atoms with Crippen molar-refractivity contribution >= 4 is 49.7 Å². The molecule has 1 aliphatic heterocycles. The quantitative estimate of drug-likeness (QED) is 0.346. The molecule has 0 bridgehead atoms. The van der Waals surface area contributed by atoms with Crippen molar-refractivity contribution in [1.82, 2.24) is 34.7 Å².